The molecule has 0 aliphatic carbocycles. The minimum atomic E-state index is -0.328. The van der Waals surface area contributed by atoms with Crippen molar-refractivity contribution in [3.05, 3.63) is 29.8 Å². The summed E-state index contributed by atoms with van der Waals surface area (Å²) >= 11 is 0. The lowest BCUT2D eigenvalue weighted by Gasteiger charge is -2.32. The van der Waals surface area contributed by atoms with Crippen molar-refractivity contribution in [3.63, 3.8) is 0 Å². The molecule has 4 rings (SSSR count). The van der Waals surface area contributed by atoms with Crippen LogP contribution >= 0.6 is 0 Å². The van der Waals surface area contributed by atoms with E-state index in [9.17, 15) is 14.0 Å². The lowest BCUT2D eigenvalue weighted by Crippen LogP contribution is -2.46. The summed E-state index contributed by atoms with van der Waals surface area (Å²) < 4.78 is 18.7. The van der Waals surface area contributed by atoms with Crippen molar-refractivity contribution >= 4 is 22.8 Å². The summed E-state index contributed by atoms with van der Waals surface area (Å²) in [5, 5.41) is 2.89. The van der Waals surface area contributed by atoms with E-state index in [2.05, 4.69) is 15.3 Å². The standard InChI is InChI=1S/C19H23FN4O3/c20-13-3-4-14-15(10-13)23-17(22-14)11-21-18(25)12-5-7-24(8-6-12)19(26)16-2-1-9-27-16/h3-4,10,12,16H,1-2,5-9,11H2,(H,21,25)(H,22,23). The third kappa shape index (κ3) is 3.95. The van der Waals surface area contributed by atoms with Crippen LogP contribution in [0, 0.1) is 11.7 Å². The second-order valence-corrected chi connectivity index (χ2v) is 7.16. The van der Waals surface area contributed by atoms with Gasteiger partial charge in [0, 0.05) is 25.6 Å². The van der Waals surface area contributed by atoms with Crippen LogP contribution in [0.5, 0.6) is 0 Å². The maximum absolute atomic E-state index is 13.2. The lowest BCUT2D eigenvalue weighted by atomic mass is 9.95. The molecule has 8 heteroatoms. The van der Waals surface area contributed by atoms with Crippen LogP contribution in [0.1, 0.15) is 31.5 Å². The van der Waals surface area contributed by atoms with Gasteiger partial charge in [0.05, 0.1) is 17.6 Å². The number of imidazole rings is 1. The molecule has 1 atom stereocenters. The molecule has 0 saturated carbocycles. The average molecular weight is 374 g/mol. The predicted molar refractivity (Wildman–Crippen MR) is 96.2 cm³/mol. The Morgan fingerprint density at radius 3 is 2.85 bits per heavy atom. The molecule has 2 aromatic rings. The molecular formula is C19H23FN4O3. The van der Waals surface area contributed by atoms with E-state index in [1.165, 1.54) is 12.1 Å². The summed E-state index contributed by atoms with van der Waals surface area (Å²) in [4.78, 5) is 34.0. The normalized spacial score (nSPS) is 20.9. The first-order chi connectivity index (χ1) is 13.1. The minimum absolute atomic E-state index is 0.0362. The summed E-state index contributed by atoms with van der Waals surface area (Å²) in [5.41, 5.74) is 1.28. The SMILES string of the molecule is O=C(NCc1nc2ccc(F)cc2[nH]1)C1CCN(C(=O)C2CCCO2)CC1. The van der Waals surface area contributed by atoms with Crippen molar-refractivity contribution in [1.29, 1.82) is 0 Å². The Bertz CT molecular complexity index is 839. The Hall–Kier alpha value is -2.48. The summed E-state index contributed by atoms with van der Waals surface area (Å²) in [6, 6.07) is 4.35. The topological polar surface area (TPSA) is 87.3 Å². The summed E-state index contributed by atoms with van der Waals surface area (Å²) in [6.07, 6.45) is 2.73. The minimum Gasteiger partial charge on any atom is -0.368 e. The molecule has 0 spiro atoms. The third-order valence-corrected chi connectivity index (χ3v) is 5.31. The highest BCUT2D eigenvalue weighted by atomic mass is 19.1. The van der Waals surface area contributed by atoms with Gasteiger partial charge in [-0.15, -0.1) is 0 Å². The Morgan fingerprint density at radius 2 is 2.11 bits per heavy atom. The smallest absolute Gasteiger partial charge is 0.251 e. The van der Waals surface area contributed by atoms with Crippen molar-refractivity contribution in [1.82, 2.24) is 20.2 Å². The molecule has 7 nitrogen and oxygen atoms in total. The van der Waals surface area contributed by atoms with Crippen LogP contribution in [-0.4, -0.2) is 52.5 Å². The number of halogens is 1. The number of rotatable bonds is 4. The van der Waals surface area contributed by atoms with Crippen LogP contribution in [-0.2, 0) is 20.9 Å². The molecule has 1 aromatic heterocycles. The Morgan fingerprint density at radius 1 is 1.30 bits per heavy atom. The second kappa shape index (κ2) is 7.64. The quantitative estimate of drug-likeness (QED) is 0.853. The molecular weight excluding hydrogens is 351 g/mol. The van der Waals surface area contributed by atoms with E-state index in [0.717, 1.165) is 12.8 Å². The van der Waals surface area contributed by atoms with E-state index in [1.54, 1.807) is 6.07 Å². The van der Waals surface area contributed by atoms with Crippen molar-refractivity contribution in [3.8, 4) is 0 Å². The van der Waals surface area contributed by atoms with Crippen molar-refractivity contribution in [2.75, 3.05) is 19.7 Å². The molecule has 27 heavy (non-hydrogen) atoms. The third-order valence-electron chi connectivity index (χ3n) is 5.31. The molecule has 2 fully saturated rings. The largest absolute Gasteiger partial charge is 0.368 e. The number of amides is 2. The second-order valence-electron chi connectivity index (χ2n) is 7.16. The molecule has 1 aromatic carbocycles. The molecule has 2 amide bonds. The van der Waals surface area contributed by atoms with Gasteiger partial charge in [0.2, 0.25) is 5.91 Å². The van der Waals surface area contributed by atoms with Gasteiger partial charge in [-0.05, 0) is 43.9 Å². The first-order valence-electron chi connectivity index (χ1n) is 9.42. The van der Waals surface area contributed by atoms with E-state index in [0.29, 0.717) is 49.4 Å². The Kier molecular flexibility index (Phi) is 5.07. The molecule has 0 radical (unpaired) electrons. The fourth-order valence-corrected chi connectivity index (χ4v) is 3.77. The number of hydrogen-bond donors (Lipinski definition) is 2. The van der Waals surface area contributed by atoms with Gasteiger partial charge in [-0.25, -0.2) is 9.37 Å². The van der Waals surface area contributed by atoms with Crippen molar-refractivity contribution < 1.29 is 18.7 Å². The van der Waals surface area contributed by atoms with Crippen molar-refractivity contribution in [2.24, 2.45) is 5.92 Å². The van der Waals surface area contributed by atoms with Crippen LogP contribution in [0.3, 0.4) is 0 Å². The molecule has 2 N–H and O–H groups in total. The molecule has 3 heterocycles. The van der Waals surface area contributed by atoms with E-state index >= 15 is 0 Å². The lowest BCUT2D eigenvalue weighted by molar-refractivity contribution is -0.143. The number of piperidine rings is 1. The Labute approximate surface area is 156 Å². The number of aromatic amines is 1. The van der Waals surface area contributed by atoms with Gasteiger partial charge in [-0.3, -0.25) is 9.59 Å². The summed E-state index contributed by atoms with van der Waals surface area (Å²) in [5.74, 6) is 0.174. The highest BCUT2D eigenvalue weighted by molar-refractivity contribution is 5.82. The van der Waals surface area contributed by atoms with Crippen LogP contribution in [0.15, 0.2) is 18.2 Å². The fraction of sp³-hybridized carbons (Fsp3) is 0.526. The zero-order valence-corrected chi connectivity index (χ0v) is 15.0. The van der Waals surface area contributed by atoms with Gasteiger partial charge >= 0.3 is 0 Å². The zero-order valence-electron chi connectivity index (χ0n) is 15.0. The number of carbonyl (C=O) groups is 2. The zero-order chi connectivity index (χ0) is 18.8. The molecule has 2 aliphatic rings. The van der Waals surface area contributed by atoms with E-state index in [-0.39, 0.29) is 36.2 Å². The van der Waals surface area contributed by atoms with Crippen LogP contribution in [0.2, 0.25) is 0 Å². The van der Waals surface area contributed by atoms with E-state index in [4.69, 9.17) is 4.74 Å². The maximum atomic E-state index is 13.2. The number of nitrogens with zero attached hydrogens (tertiary/aromatic N) is 2. The van der Waals surface area contributed by atoms with Gasteiger partial charge in [0.1, 0.15) is 17.7 Å². The number of nitrogens with one attached hydrogen (secondary N) is 2. The molecule has 144 valence electrons. The summed E-state index contributed by atoms with van der Waals surface area (Å²) in [7, 11) is 0. The number of aromatic nitrogens is 2. The highest BCUT2D eigenvalue weighted by Gasteiger charge is 2.32. The van der Waals surface area contributed by atoms with Crippen molar-refractivity contribution in [2.45, 2.75) is 38.3 Å². The number of H-pyrrole nitrogens is 1. The Balaban J connectivity index is 1.27. The van der Waals surface area contributed by atoms with Gasteiger partial charge in [-0.2, -0.15) is 0 Å². The van der Waals surface area contributed by atoms with Crippen LogP contribution in [0.25, 0.3) is 11.0 Å². The molecule has 2 saturated heterocycles. The van der Waals surface area contributed by atoms with Gasteiger partial charge in [0.15, 0.2) is 0 Å². The fourth-order valence-electron chi connectivity index (χ4n) is 3.77. The highest BCUT2D eigenvalue weighted by Crippen LogP contribution is 2.21. The first-order valence-corrected chi connectivity index (χ1v) is 9.42. The average Bonchev–Trinajstić information content (AvgIpc) is 3.35. The first kappa shape index (κ1) is 17.9. The number of likely N-dealkylation sites (tertiary alicyclic amines) is 1. The molecule has 1 unspecified atom stereocenters. The maximum Gasteiger partial charge on any atom is 0.251 e. The van der Waals surface area contributed by atoms with Gasteiger partial charge in [0.25, 0.3) is 5.91 Å². The van der Waals surface area contributed by atoms with Crippen LogP contribution in [0.4, 0.5) is 4.39 Å². The summed E-state index contributed by atoms with van der Waals surface area (Å²) in [6.45, 7) is 2.09. The van der Waals surface area contributed by atoms with E-state index < -0.39 is 0 Å². The van der Waals surface area contributed by atoms with E-state index in [1.807, 2.05) is 4.90 Å². The number of hydrogen-bond acceptors (Lipinski definition) is 4. The number of fused-ring (bicyclic) bond motifs is 1. The van der Waals surface area contributed by atoms with Gasteiger partial charge < -0.3 is 19.9 Å². The molecule has 0 bridgehead atoms. The van der Waals surface area contributed by atoms with Crippen LogP contribution < -0.4 is 5.32 Å². The number of carbonyl (C=O) groups excluding carboxylic acids is 2. The molecule has 2 aliphatic heterocycles. The number of benzene rings is 1. The monoisotopic (exact) mass is 374 g/mol. The van der Waals surface area contributed by atoms with Gasteiger partial charge in [-0.1, -0.05) is 0 Å². The predicted octanol–water partition coefficient (Wildman–Crippen LogP) is 1.74. The number of ether oxygens (including phenoxy) is 1.